The monoisotopic (exact) mass is 396 g/mol. The van der Waals surface area contributed by atoms with E-state index in [1.54, 1.807) is 56.5 Å². The molecule has 0 aliphatic carbocycles. The van der Waals surface area contributed by atoms with Crippen molar-refractivity contribution in [2.24, 2.45) is 5.84 Å². The van der Waals surface area contributed by atoms with E-state index in [-0.39, 0.29) is 0 Å². The summed E-state index contributed by atoms with van der Waals surface area (Å²) >= 11 is 0. The van der Waals surface area contributed by atoms with Gasteiger partial charge in [0.15, 0.2) is 0 Å². The average Bonchev–Trinajstić information content (AvgIpc) is 3.07. The van der Waals surface area contributed by atoms with Crippen LogP contribution in [0.4, 0.5) is 10.5 Å². The number of rotatable bonds is 5. The molecule has 0 unspecified atom stereocenters. The van der Waals surface area contributed by atoms with Gasteiger partial charge in [0.25, 0.3) is 5.91 Å². The summed E-state index contributed by atoms with van der Waals surface area (Å²) in [7, 11) is 2.78. The van der Waals surface area contributed by atoms with E-state index in [1.165, 1.54) is 19.3 Å². The zero-order chi connectivity index (χ0) is 21.0. The number of amides is 1. The quantitative estimate of drug-likeness (QED) is 0.175. The van der Waals surface area contributed by atoms with Crippen LogP contribution < -0.4 is 20.3 Å². The van der Waals surface area contributed by atoms with Gasteiger partial charge in [-0.15, -0.1) is 0 Å². The van der Waals surface area contributed by atoms with Gasteiger partial charge in [-0.25, -0.2) is 15.6 Å². The number of nitrogens with zero attached hydrogens (tertiary/aromatic N) is 1. The minimum absolute atomic E-state index is 0.306. The molecule has 0 aliphatic rings. The van der Waals surface area contributed by atoms with Gasteiger partial charge in [-0.3, -0.25) is 4.79 Å². The predicted octanol–water partition coefficient (Wildman–Crippen LogP) is 3.82. The Hall–Kier alpha value is -3.78. The standard InChI is InChI=1S/C21H20N2O6/c1-13-16(28-17-5-4-6-18(20(13)17)29-21(25)27-3)11-12-19(24)23(22)14-7-9-15(26-2)10-8-14/h4-12H,22H2,1-3H3/b12-11+. The van der Waals surface area contributed by atoms with Gasteiger partial charge in [0, 0.05) is 11.6 Å². The number of nitrogens with two attached hydrogens (primary N) is 1. The number of benzene rings is 2. The van der Waals surface area contributed by atoms with E-state index in [2.05, 4.69) is 4.74 Å². The largest absolute Gasteiger partial charge is 0.513 e. The fourth-order valence-electron chi connectivity index (χ4n) is 2.76. The summed E-state index contributed by atoms with van der Waals surface area (Å²) in [6, 6.07) is 11.8. The van der Waals surface area contributed by atoms with Crippen LogP contribution in [0, 0.1) is 6.92 Å². The maximum atomic E-state index is 12.4. The highest BCUT2D eigenvalue weighted by Crippen LogP contribution is 2.34. The van der Waals surface area contributed by atoms with Gasteiger partial charge >= 0.3 is 6.16 Å². The van der Waals surface area contributed by atoms with Crippen LogP contribution in [-0.2, 0) is 9.53 Å². The Balaban J connectivity index is 1.84. The van der Waals surface area contributed by atoms with Crippen molar-refractivity contribution in [3.63, 3.8) is 0 Å². The molecule has 0 saturated carbocycles. The van der Waals surface area contributed by atoms with Crippen LogP contribution in [0.2, 0.25) is 0 Å². The highest BCUT2D eigenvalue weighted by Gasteiger charge is 2.16. The molecule has 3 aromatic rings. The molecule has 0 aliphatic heterocycles. The average molecular weight is 396 g/mol. The molecule has 2 N–H and O–H groups in total. The first kappa shape index (κ1) is 20.0. The molecule has 29 heavy (non-hydrogen) atoms. The number of hydrazine groups is 1. The Kier molecular flexibility index (Phi) is 5.85. The first-order chi connectivity index (χ1) is 13.9. The molecule has 0 radical (unpaired) electrons. The molecule has 2 aromatic carbocycles. The lowest BCUT2D eigenvalue weighted by Crippen LogP contribution is -2.36. The predicted molar refractivity (Wildman–Crippen MR) is 108 cm³/mol. The molecular formula is C21H20N2O6. The summed E-state index contributed by atoms with van der Waals surface area (Å²) in [4.78, 5) is 23.9. The second-order valence-electron chi connectivity index (χ2n) is 6.02. The number of carbonyl (C=O) groups is 2. The number of anilines is 1. The second kappa shape index (κ2) is 8.49. The van der Waals surface area contributed by atoms with Crippen molar-refractivity contribution in [3.05, 3.63) is 59.9 Å². The van der Waals surface area contributed by atoms with Crippen molar-refractivity contribution in [3.8, 4) is 11.5 Å². The Bertz CT molecular complexity index is 1070. The van der Waals surface area contributed by atoms with Crippen LogP contribution in [0.5, 0.6) is 11.5 Å². The van der Waals surface area contributed by atoms with Crippen LogP contribution in [0.3, 0.4) is 0 Å². The smallest absolute Gasteiger partial charge is 0.497 e. The Morgan fingerprint density at radius 2 is 1.83 bits per heavy atom. The number of carbonyl (C=O) groups excluding carboxylic acids is 2. The van der Waals surface area contributed by atoms with Crippen molar-refractivity contribution in [1.82, 2.24) is 0 Å². The molecule has 0 atom stereocenters. The number of hydrogen-bond donors (Lipinski definition) is 1. The van der Waals surface area contributed by atoms with Gasteiger partial charge in [-0.2, -0.15) is 0 Å². The molecule has 8 heteroatoms. The van der Waals surface area contributed by atoms with Crippen molar-refractivity contribution in [1.29, 1.82) is 0 Å². The van der Waals surface area contributed by atoms with E-state index >= 15 is 0 Å². The summed E-state index contributed by atoms with van der Waals surface area (Å²) in [6.07, 6.45) is 1.99. The summed E-state index contributed by atoms with van der Waals surface area (Å²) < 4.78 is 20.6. The minimum Gasteiger partial charge on any atom is -0.497 e. The lowest BCUT2D eigenvalue weighted by molar-refractivity contribution is -0.114. The van der Waals surface area contributed by atoms with Crippen LogP contribution in [0.1, 0.15) is 11.3 Å². The number of methoxy groups -OCH3 is 2. The fraction of sp³-hybridized carbons (Fsp3) is 0.143. The van der Waals surface area contributed by atoms with Crippen molar-refractivity contribution < 1.29 is 28.2 Å². The Morgan fingerprint density at radius 1 is 1.10 bits per heavy atom. The molecular weight excluding hydrogens is 376 g/mol. The summed E-state index contributed by atoms with van der Waals surface area (Å²) in [5.41, 5.74) is 1.72. The lowest BCUT2D eigenvalue weighted by atomic mass is 10.1. The third-order valence-corrected chi connectivity index (χ3v) is 4.28. The SMILES string of the molecule is COC(=O)Oc1cccc2oc(/C=C/C(=O)N(N)c3ccc(OC)cc3)c(C)c12. The number of fused-ring (bicyclic) bond motifs is 1. The fourth-order valence-corrected chi connectivity index (χ4v) is 2.76. The van der Waals surface area contributed by atoms with Gasteiger partial charge in [0.1, 0.15) is 22.8 Å². The molecule has 3 rings (SSSR count). The van der Waals surface area contributed by atoms with Gasteiger partial charge in [0.2, 0.25) is 0 Å². The molecule has 0 spiro atoms. The zero-order valence-corrected chi connectivity index (χ0v) is 16.2. The van der Waals surface area contributed by atoms with E-state index in [0.717, 1.165) is 5.01 Å². The summed E-state index contributed by atoms with van der Waals surface area (Å²) in [5.74, 6) is 6.86. The van der Waals surface area contributed by atoms with Crippen LogP contribution in [-0.4, -0.2) is 26.3 Å². The highest BCUT2D eigenvalue weighted by atomic mass is 16.7. The van der Waals surface area contributed by atoms with Crippen LogP contribution >= 0.6 is 0 Å². The first-order valence-electron chi connectivity index (χ1n) is 8.63. The van der Waals surface area contributed by atoms with Crippen LogP contribution in [0.25, 0.3) is 17.0 Å². The zero-order valence-electron chi connectivity index (χ0n) is 16.2. The van der Waals surface area contributed by atoms with Crippen molar-refractivity contribution in [2.75, 3.05) is 19.2 Å². The van der Waals surface area contributed by atoms with Crippen LogP contribution in [0.15, 0.2) is 53.0 Å². The summed E-state index contributed by atoms with van der Waals surface area (Å²) in [5, 5.41) is 1.63. The number of furan rings is 1. The molecule has 1 amide bonds. The minimum atomic E-state index is -0.830. The maximum Gasteiger partial charge on any atom is 0.513 e. The topological polar surface area (TPSA) is 104 Å². The molecule has 1 heterocycles. The Morgan fingerprint density at radius 3 is 2.48 bits per heavy atom. The van der Waals surface area contributed by atoms with E-state index in [0.29, 0.717) is 39.5 Å². The lowest BCUT2D eigenvalue weighted by Gasteiger charge is -2.14. The highest BCUT2D eigenvalue weighted by molar-refractivity contribution is 6.03. The van der Waals surface area contributed by atoms with Gasteiger partial charge in [-0.1, -0.05) is 6.07 Å². The van der Waals surface area contributed by atoms with E-state index in [9.17, 15) is 9.59 Å². The number of aryl methyl sites for hydroxylation is 1. The first-order valence-corrected chi connectivity index (χ1v) is 8.63. The van der Waals surface area contributed by atoms with Gasteiger partial charge < -0.3 is 18.6 Å². The molecule has 150 valence electrons. The molecule has 0 bridgehead atoms. The van der Waals surface area contributed by atoms with Crippen molar-refractivity contribution >= 4 is 34.8 Å². The summed E-state index contributed by atoms with van der Waals surface area (Å²) in [6.45, 7) is 1.80. The third-order valence-electron chi connectivity index (χ3n) is 4.28. The Labute approximate surface area is 167 Å². The number of ether oxygens (including phenoxy) is 3. The molecule has 0 saturated heterocycles. The maximum absolute atomic E-state index is 12.4. The van der Waals surface area contributed by atoms with E-state index in [4.69, 9.17) is 19.7 Å². The number of hydrogen-bond acceptors (Lipinski definition) is 7. The third kappa shape index (κ3) is 4.22. The molecule has 0 fully saturated rings. The second-order valence-corrected chi connectivity index (χ2v) is 6.02. The van der Waals surface area contributed by atoms with Gasteiger partial charge in [0.05, 0.1) is 25.3 Å². The normalized spacial score (nSPS) is 10.9. The van der Waals surface area contributed by atoms with Crippen molar-refractivity contribution in [2.45, 2.75) is 6.92 Å². The molecule has 1 aromatic heterocycles. The molecule has 8 nitrogen and oxygen atoms in total. The van der Waals surface area contributed by atoms with Gasteiger partial charge in [-0.05, 0) is 49.4 Å². The van der Waals surface area contributed by atoms with E-state index in [1.807, 2.05) is 0 Å². The van der Waals surface area contributed by atoms with E-state index < -0.39 is 12.1 Å².